The van der Waals surface area contributed by atoms with Crippen LogP contribution < -0.4 is 10.1 Å². The molecule has 0 aromatic heterocycles. The maximum atomic E-state index is 12.1. The van der Waals surface area contributed by atoms with Crippen LogP contribution in [0.2, 0.25) is 0 Å². The number of hydrogen-bond donors (Lipinski definition) is 1. The number of nitrogens with zero attached hydrogens (tertiary/aromatic N) is 1. The van der Waals surface area contributed by atoms with E-state index in [4.69, 9.17) is 9.47 Å². The SMILES string of the molecule is COCCN1C(=O)C=C(Nc2cccc(OC)c2)C1=O. The van der Waals surface area contributed by atoms with Crippen LogP contribution in [0, 0.1) is 0 Å². The Morgan fingerprint density at radius 1 is 1.25 bits per heavy atom. The first kappa shape index (κ1) is 14.1. The Hall–Kier alpha value is -2.34. The minimum absolute atomic E-state index is 0.244. The second-order valence-electron chi connectivity index (χ2n) is 4.20. The van der Waals surface area contributed by atoms with E-state index in [0.29, 0.717) is 18.0 Å². The Kier molecular flexibility index (Phi) is 4.37. The number of methoxy groups -OCH3 is 2. The molecule has 1 heterocycles. The molecule has 0 aliphatic carbocycles. The van der Waals surface area contributed by atoms with Gasteiger partial charge in [0.05, 0.1) is 20.3 Å². The summed E-state index contributed by atoms with van der Waals surface area (Å²) in [6, 6.07) is 7.13. The van der Waals surface area contributed by atoms with Gasteiger partial charge >= 0.3 is 0 Å². The molecule has 1 aliphatic rings. The molecule has 2 amide bonds. The zero-order valence-electron chi connectivity index (χ0n) is 11.4. The van der Waals surface area contributed by atoms with Crippen LogP contribution in [0.15, 0.2) is 36.0 Å². The van der Waals surface area contributed by atoms with E-state index in [1.807, 2.05) is 0 Å². The molecular weight excluding hydrogens is 260 g/mol. The maximum absolute atomic E-state index is 12.1. The fraction of sp³-hybridized carbons (Fsp3) is 0.286. The van der Waals surface area contributed by atoms with E-state index < -0.39 is 0 Å². The highest BCUT2D eigenvalue weighted by Gasteiger charge is 2.30. The third-order valence-electron chi connectivity index (χ3n) is 2.88. The molecule has 0 saturated carbocycles. The molecule has 1 aromatic rings. The Bertz CT molecular complexity index is 554. The van der Waals surface area contributed by atoms with Crippen molar-refractivity contribution < 1.29 is 19.1 Å². The molecule has 6 heteroatoms. The zero-order valence-corrected chi connectivity index (χ0v) is 11.4. The highest BCUT2D eigenvalue weighted by molar-refractivity contribution is 6.17. The number of imide groups is 1. The lowest BCUT2D eigenvalue weighted by molar-refractivity contribution is -0.137. The van der Waals surface area contributed by atoms with E-state index in [1.54, 1.807) is 31.4 Å². The van der Waals surface area contributed by atoms with Crippen LogP contribution in [0.5, 0.6) is 5.75 Å². The summed E-state index contributed by atoms with van der Waals surface area (Å²) in [6.45, 7) is 0.561. The van der Waals surface area contributed by atoms with Gasteiger partial charge in [-0.15, -0.1) is 0 Å². The monoisotopic (exact) mass is 276 g/mol. The van der Waals surface area contributed by atoms with E-state index in [1.165, 1.54) is 13.2 Å². The number of benzene rings is 1. The molecule has 0 fully saturated rings. The molecule has 1 aromatic carbocycles. The van der Waals surface area contributed by atoms with E-state index in [-0.39, 0.29) is 24.1 Å². The van der Waals surface area contributed by atoms with E-state index >= 15 is 0 Å². The minimum Gasteiger partial charge on any atom is -0.497 e. The number of rotatable bonds is 6. The number of nitrogens with one attached hydrogen (secondary N) is 1. The molecular formula is C14H16N2O4. The minimum atomic E-state index is -0.352. The first-order valence-electron chi connectivity index (χ1n) is 6.13. The molecule has 0 atom stereocenters. The number of hydrogen-bond acceptors (Lipinski definition) is 5. The average molecular weight is 276 g/mol. The number of amides is 2. The van der Waals surface area contributed by atoms with E-state index in [9.17, 15) is 9.59 Å². The van der Waals surface area contributed by atoms with Gasteiger partial charge in [0, 0.05) is 24.9 Å². The number of ether oxygens (including phenoxy) is 2. The fourth-order valence-corrected chi connectivity index (χ4v) is 1.85. The summed E-state index contributed by atoms with van der Waals surface area (Å²) in [6.07, 6.45) is 1.29. The van der Waals surface area contributed by atoms with Crippen LogP contribution in [0.1, 0.15) is 0 Å². The van der Waals surface area contributed by atoms with Crippen LogP contribution in [-0.2, 0) is 14.3 Å². The summed E-state index contributed by atoms with van der Waals surface area (Å²) in [4.78, 5) is 24.9. The van der Waals surface area contributed by atoms with Gasteiger partial charge in [-0.1, -0.05) is 6.07 Å². The summed E-state index contributed by atoms with van der Waals surface area (Å²) in [7, 11) is 3.09. The third-order valence-corrected chi connectivity index (χ3v) is 2.88. The van der Waals surface area contributed by atoms with Crippen molar-refractivity contribution in [2.45, 2.75) is 0 Å². The Morgan fingerprint density at radius 2 is 2.05 bits per heavy atom. The van der Waals surface area contributed by atoms with Crippen molar-refractivity contribution in [3.63, 3.8) is 0 Å². The molecule has 20 heavy (non-hydrogen) atoms. The second-order valence-corrected chi connectivity index (χ2v) is 4.20. The van der Waals surface area contributed by atoms with Gasteiger partial charge in [0.15, 0.2) is 0 Å². The lowest BCUT2D eigenvalue weighted by Crippen LogP contribution is -2.34. The van der Waals surface area contributed by atoms with Crippen molar-refractivity contribution in [3.05, 3.63) is 36.0 Å². The molecule has 0 bridgehead atoms. The lowest BCUT2D eigenvalue weighted by Gasteiger charge is -2.14. The van der Waals surface area contributed by atoms with Crippen molar-refractivity contribution in [2.75, 3.05) is 32.7 Å². The first-order valence-corrected chi connectivity index (χ1v) is 6.13. The van der Waals surface area contributed by atoms with E-state index in [0.717, 1.165) is 4.90 Å². The molecule has 0 saturated heterocycles. The van der Waals surface area contributed by atoms with Gasteiger partial charge in [-0.2, -0.15) is 0 Å². The van der Waals surface area contributed by atoms with Crippen LogP contribution in [-0.4, -0.2) is 44.1 Å². The summed E-state index contributed by atoms with van der Waals surface area (Å²) in [5.41, 5.74) is 0.935. The van der Waals surface area contributed by atoms with Crippen molar-refractivity contribution in [1.29, 1.82) is 0 Å². The van der Waals surface area contributed by atoms with Gasteiger partial charge in [0.1, 0.15) is 11.4 Å². The Morgan fingerprint density at radius 3 is 2.75 bits per heavy atom. The summed E-state index contributed by atoms with van der Waals surface area (Å²) < 4.78 is 9.98. The summed E-state index contributed by atoms with van der Waals surface area (Å²) in [5, 5.41) is 2.93. The van der Waals surface area contributed by atoms with Crippen LogP contribution in [0.4, 0.5) is 5.69 Å². The summed E-state index contributed by atoms with van der Waals surface area (Å²) >= 11 is 0. The second kappa shape index (κ2) is 6.21. The maximum Gasteiger partial charge on any atom is 0.277 e. The van der Waals surface area contributed by atoms with Crippen molar-refractivity contribution in [1.82, 2.24) is 4.90 Å². The Balaban J connectivity index is 2.08. The van der Waals surface area contributed by atoms with Crippen molar-refractivity contribution >= 4 is 17.5 Å². The van der Waals surface area contributed by atoms with Crippen molar-refractivity contribution in [3.8, 4) is 5.75 Å². The predicted octanol–water partition coefficient (Wildman–Crippen LogP) is 1.01. The van der Waals surface area contributed by atoms with Crippen LogP contribution in [0.25, 0.3) is 0 Å². The fourth-order valence-electron chi connectivity index (χ4n) is 1.85. The van der Waals surface area contributed by atoms with Gasteiger partial charge in [-0.3, -0.25) is 14.5 Å². The number of carbonyl (C=O) groups excluding carboxylic acids is 2. The predicted molar refractivity (Wildman–Crippen MR) is 73.3 cm³/mol. The molecule has 2 rings (SSSR count). The largest absolute Gasteiger partial charge is 0.497 e. The number of carbonyl (C=O) groups is 2. The number of anilines is 1. The highest BCUT2D eigenvalue weighted by Crippen LogP contribution is 2.21. The molecule has 1 aliphatic heterocycles. The quantitative estimate of drug-likeness (QED) is 0.785. The normalized spacial score (nSPS) is 14.5. The van der Waals surface area contributed by atoms with Gasteiger partial charge in [-0.05, 0) is 12.1 Å². The molecule has 1 N–H and O–H groups in total. The zero-order chi connectivity index (χ0) is 14.5. The lowest BCUT2D eigenvalue weighted by atomic mass is 10.3. The molecule has 6 nitrogen and oxygen atoms in total. The Labute approximate surface area is 117 Å². The van der Waals surface area contributed by atoms with Crippen molar-refractivity contribution in [2.24, 2.45) is 0 Å². The van der Waals surface area contributed by atoms with Gasteiger partial charge < -0.3 is 14.8 Å². The van der Waals surface area contributed by atoms with Crippen LogP contribution >= 0.6 is 0 Å². The first-order chi connectivity index (χ1) is 9.65. The van der Waals surface area contributed by atoms with Gasteiger partial charge in [-0.25, -0.2) is 0 Å². The molecule has 106 valence electrons. The smallest absolute Gasteiger partial charge is 0.277 e. The van der Waals surface area contributed by atoms with Gasteiger partial charge in [0.25, 0.3) is 11.8 Å². The third kappa shape index (κ3) is 2.97. The standard InChI is InChI=1S/C14H16N2O4/c1-19-7-6-16-13(17)9-12(14(16)18)15-10-4-3-5-11(8-10)20-2/h3-5,8-9,15H,6-7H2,1-2H3. The highest BCUT2D eigenvalue weighted by atomic mass is 16.5. The van der Waals surface area contributed by atoms with Crippen LogP contribution in [0.3, 0.4) is 0 Å². The molecule has 0 spiro atoms. The summed E-state index contributed by atoms with van der Waals surface area (Å²) in [5.74, 6) is -0.0177. The molecule has 0 unspecified atom stereocenters. The van der Waals surface area contributed by atoms with E-state index in [2.05, 4.69) is 5.32 Å². The average Bonchev–Trinajstić information content (AvgIpc) is 2.72. The topological polar surface area (TPSA) is 67.9 Å². The van der Waals surface area contributed by atoms with Gasteiger partial charge in [0.2, 0.25) is 0 Å². The molecule has 0 radical (unpaired) electrons.